The van der Waals surface area contributed by atoms with Gasteiger partial charge in [-0.3, -0.25) is 24.1 Å². The molecule has 0 spiro atoms. The maximum absolute atomic E-state index is 14.4. The second kappa shape index (κ2) is 10.1. The van der Waals surface area contributed by atoms with Gasteiger partial charge in [0, 0.05) is 10.9 Å². The van der Waals surface area contributed by atoms with Gasteiger partial charge in [0.05, 0.1) is 23.2 Å². The molecule has 2 heterocycles. The second-order valence-corrected chi connectivity index (χ2v) is 13.9. The van der Waals surface area contributed by atoms with E-state index >= 15 is 0 Å². The minimum atomic E-state index is -2.05. The Kier molecular flexibility index (Phi) is 6.75. The number of hydrogen-bond donors (Lipinski definition) is 1. The average molecular weight is 668 g/mol. The lowest BCUT2D eigenvalue weighted by Gasteiger charge is -2.50. The highest BCUT2D eigenvalue weighted by Gasteiger charge is 2.76. The number of imide groups is 2. The van der Waals surface area contributed by atoms with Crippen molar-refractivity contribution in [2.75, 3.05) is 9.80 Å². The van der Waals surface area contributed by atoms with Gasteiger partial charge < -0.3 is 5.11 Å². The summed E-state index contributed by atoms with van der Waals surface area (Å²) in [5.74, 6) is -6.15. The number of aryl methyl sites for hydroxylation is 2. The molecule has 45 heavy (non-hydrogen) atoms. The molecule has 6 atom stereocenters. The highest BCUT2D eigenvalue weighted by molar-refractivity contribution is 6.58. The summed E-state index contributed by atoms with van der Waals surface area (Å²) in [4.78, 5) is 54.6. The van der Waals surface area contributed by atoms with Crippen molar-refractivity contribution in [1.82, 2.24) is 0 Å². The first kappa shape index (κ1) is 30.0. The molecule has 1 N–H and O–H groups in total. The maximum atomic E-state index is 14.4. The molecule has 7 rings (SSSR count). The molecule has 0 aromatic heterocycles. The predicted molar refractivity (Wildman–Crippen MR) is 168 cm³/mol. The number of allylic oxidation sites excluding steroid dienone is 2. The van der Waals surface area contributed by atoms with Crippen molar-refractivity contribution < 1.29 is 28.7 Å². The molecule has 11 heteroatoms. The molecule has 230 valence electrons. The zero-order chi connectivity index (χ0) is 32.2. The molecule has 3 fully saturated rings. The molecule has 0 radical (unpaired) electrons. The molecule has 0 bridgehead atoms. The summed E-state index contributed by atoms with van der Waals surface area (Å²) in [6.07, 6.45) is 1.88. The van der Waals surface area contributed by atoms with Gasteiger partial charge in [0.2, 0.25) is 11.8 Å². The predicted octanol–water partition coefficient (Wildman–Crippen LogP) is 6.57. The van der Waals surface area contributed by atoms with E-state index in [2.05, 4.69) is 0 Å². The number of halogens is 4. The quantitative estimate of drug-likeness (QED) is 0.194. The van der Waals surface area contributed by atoms with Crippen LogP contribution < -0.4 is 9.80 Å². The summed E-state index contributed by atoms with van der Waals surface area (Å²) in [5.41, 5.74) is 2.70. The number of alkyl halides is 2. The van der Waals surface area contributed by atoms with Crippen LogP contribution in [0, 0.1) is 37.4 Å². The van der Waals surface area contributed by atoms with Gasteiger partial charge in [-0.25, -0.2) is 9.29 Å². The van der Waals surface area contributed by atoms with E-state index in [4.69, 9.17) is 34.8 Å². The number of nitrogens with zero attached hydrogens (tertiary/aromatic N) is 2. The van der Waals surface area contributed by atoms with Crippen LogP contribution >= 0.6 is 34.8 Å². The van der Waals surface area contributed by atoms with Crippen LogP contribution in [0.4, 0.5) is 15.8 Å². The zero-order valence-electron chi connectivity index (χ0n) is 24.1. The molecule has 4 amide bonds. The molecule has 2 aliphatic carbocycles. The number of aromatic hydroxyl groups is 1. The summed E-state index contributed by atoms with van der Waals surface area (Å²) >= 11 is 20.8. The lowest BCUT2D eigenvalue weighted by molar-refractivity contribution is -0.125. The Bertz CT molecular complexity index is 1840. The maximum Gasteiger partial charge on any atom is 0.258 e. The van der Waals surface area contributed by atoms with Crippen molar-refractivity contribution in [3.8, 4) is 5.75 Å². The number of phenols is 1. The number of hydrogen-bond acceptors (Lipinski definition) is 5. The van der Waals surface area contributed by atoms with E-state index in [0.29, 0.717) is 33.0 Å². The minimum absolute atomic E-state index is 0.0708. The van der Waals surface area contributed by atoms with E-state index in [9.17, 15) is 28.7 Å². The topological polar surface area (TPSA) is 95.0 Å². The molecular weight excluding hydrogens is 642 g/mol. The van der Waals surface area contributed by atoms with Crippen molar-refractivity contribution >= 4 is 69.8 Å². The van der Waals surface area contributed by atoms with E-state index in [0.717, 1.165) is 21.9 Å². The van der Waals surface area contributed by atoms with Gasteiger partial charge in [-0.1, -0.05) is 35.4 Å². The minimum Gasteiger partial charge on any atom is -0.507 e. The number of benzene rings is 3. The molecule has 3 aromatic rings. The first-order valence-electron chi connectivity index (χ1n) is 14.5. The van der Waals surface area contributed by atoms with Crippen LogP contribution in [-0.4, -0.2) is 38.5 Å². The van der Waals surface area contributed by atoms with E-state index in [1.165, 1.54) is 12.1 Å². The molecule has 0 unspecified atom stereocenters. The Morgan fingerprint density at radius 1 is 0.822 bits per heavy atom. The number of rotatable bonds is 3. The van der Waals surface area contributed by atoms with Gasteiger partial charge in [0.25, 0.3) is 11.8 Å². The van der Waals surface area contributed by atoms with Crippen LogP contribution in [0.25, 0.3) is 0 Å². The molecule has 1 saturated carbocycles. The number of carbonyl (C=O) groups excluding carboxylic acids is 4. The largest absolute Gasteiger partial charge is 0.507 e. The monoisotopic (exact) mass is 666 g/mol. The van der Waals surface area contributed by atoms with Crippen molar-refractivity contribution in [2.45, 2.75) is 42.4 Å². The van der Waals surface area contributed by atoms with Crippen LogP contribution in [0.1, 0.15) is 35.4 Å². The highest BCUT2D eigenvalue weighted by atomic mass is 35.5. The van der Waals surface area contributed by atoms with E-state index in [1.807, 2.05) is 6.08 Å². The van der Waals surface area contributed by atoms with Crippen LogP contribution in [-0.2, 0) is 19.2 Å². The van der Waals surface area contributed by atoms with Crippen molar-refractivity contribution in [3.05, 3.63) is 99.8 Å². The first-order valence-corrected chi connectivity index (χ1v) is 15.6. The third-order valence-electron chi connectivity index (χ3n) is 9.83. The number of amides is 4. The zero-order valence-corrected chi connectivity index (χ0v) is 26.3. The molecule has 2 aliphatic heterocycles. The van der Waals surface area contributed by atoms with Crippen molar-refractivity contribution in [3.63, 3.8) is 0 Å². The van der Waals surface area contributed by atoms with Crippen molar-refractivity contribution in [1.29, 1.82) is 0 Å². The SMILES string of the molecule is Cc1cc([C@H]2C3=CC[C@@H]4C(=O)N(c5ccc(Cl)cc5)C(=O)[C@@H]4[C@@H]3C[C@@]3(Cl)C(=O)N(c4ccc(F)cc4)C(=O)[C@@]23Cl)cc(C)c1O. The third-order valence-corrected chi connectivity index (χ3v) is 11.5. The second-order valence-electron chi connectivity index (χ2n) is 12.2. The van der Waals surface area contributed by atoms with Gasteiger partial charge >= 0.3 is 0 Å². The summed E-state index contributed by atoms with van der Waals surface area (Å²) < 4.78 is 13.8. The fourth-order valence-corrected chi connectivity index (χ4v) is 8.83. The Hall–Kier alpha value is -3.72. The van der Waals surface area contributed by atoms with Crippen LogP contribution in [0.5, 0.6) is 5.75 Å². The summed E-state index contributed by atoms with van der Waals surface area (Å²) in [6.45, 7) is 3.42. The normalized spacial score (nSPS) is 30.8. The number of phenolic OH excluding ortho intramolecular Hbond substituents is 1. The standard InChI is InChI=1S/C34H26Cl3FN2O5/c1-16-13-18(14-17(2)28(16)41)27-23-11-12-24-26(30(43)39(29(24)42)21-7-3-19(35)4-8-21)25(23)15-33(36)31(44)40(32(45)34(27,33)37)22-9-5-20(38)6-10-22/h3-11,13-14,24-27,41H,12,15H2,1-2H3/t24-,25+,26-,27-,33+,34-/m0/s1. The van der Waals surface area contributed by atoms with Gasteiger partial charge in [-0.2, -0.15) is 0 Å². The smallest absolute Gasteiger partial charge is 0.258 e. The Morgan fingerprint density at radius 3 is 2.02 bits per heavy atom. The molecule has 4 aliphatic rings. The van der Waals surface area contributed by atoms with Crippen LogP contribution in [0.2, 0.25) is 5.02 Å². The Balaban J connectivity index is 1.41. The van der Waals surface area contributed by atoms with Gasteiger partial charge in [-0.15, -0.1) is 23.2 Å². The summed E-state index contributed by atoms with van der Waals surface area (Å²) in [6, 6.07) is 14.7. The average Bonchev–Trinajstić information content (AvgIpc) is 3.34. The lowest BCUT2D eigenvalue weighted by atomic mass is 9.56. The first-order chi connectivity index (χ1) is 21.3. The van der Waals surface area contributed by atoms with Gasteiger partial charge in [0.1, 0.15) is 11.6 Å². The third kappa shape index (κ3) is 4.01. The molecule has 3 aromatic carbocycles. The van der Waals surface area contributed by atoms with Crippen molar-refractivity contribution in [2.24, 2.45) is 17.8 Å². The number of fused-ring (bicyclic) bond motifs is 4. The van der Waals surface area contributed by atoms with Crippen LogP contribution in [0.3, 0.4) is 0 Å². The van der Waals surface area contributed by atoms with E-state index < -0.39 is 57.0 Å². The Labute approximate surface area is 273 Å². The van der Waals surface area contributed by atoms with E-state index in [-0.39, 0.29) is 30.2 Å². The lowest BCUT2D eigenvalue weighted by Crippen LogP contribution is -2.60. The van der Waals surface area contributed by atoms with Gasteiger partial charge in [0.15, 0.2) is 9.75 Å². The Morgan fingerprint density at radius 2 is 1.40 bits per heavy atom. The van der Waals surface area contributed by atoms with Crippen LogP contribution in [0.15, 0.2) is 72.3 Å². The fourth-order valence-electron chi connectivity index (χ4n) is 7.77. The number of anilines is 2. The fraction of sp³-hybridized carbons (Fsp3) is 0.294. The highest BCUT2D eigenvalue weighted by Crippen LogP contribution is 2.66. The molecular formula is C34H26Cl3FN2O5. The summed E-state index contributed by atoms with van der Waals surface area (Å²) in [5, 5.41) is 11.0. The van der Waals surface area contributed by atoms with E-state index in [1.54, 1.807) is 50.2 Å². The number of carbonyl (C=O) groups is 4. The molecule has 2 saturated heterocycles. The van der Waals surface area contributed by atoms with Gasteiger partial charge in [-0.05, 0) is 97.8 Å². The molecule has 7 nitrogen and oxygen atoms in total. The summed E-state index contributed by atoms with van der Waals surface area (Å²) in [7, 11) is 0.